The van der Waals surface area contributed by atoms with Crippen molar-refractivity contribution in [3.05, 3.63) is 70.8 Å². The van der Waals surface area contributed by atoms with E-state index in [0.29, 0.717) is 6.29 Å². The maximum absolute atomic E-state index is 12.8. The van der Waals surface area contributed by atoms with Crippen molar-refractivity contribution in [1.82, 2.24) is 5.32 Å². The van der Waals surface area contributed by atoms with Gasteiger partial charge in [0.15, 0.2) is 0 Å². The molecule has 0 saturated heterocycles. The first-order valence-electron chi connectivity index (χ1n) is 7.99. The van der Waals surface area contributed by atoms with Gasteiger partial charge < -0.3 is 10.1 Å². The van der Waals surface area contributed by atoms with Crippen molar-refractivity contribution in [3.8, 4) is 11.8 Å². The molecule has 1 amide bonds. The van der Waals surface area contributed by atoms with E-state index in [-0.39, 0.29) is 30.7 Å². The van der Waals surface area contributed by atoms with Crippen molar-refractivity contribution in [2.45, 2.75) is 19.2 Å². The van der Waals surface area contributed by atoms with Crippen LogP contribution in [0, 0.1) is 11.8 Å². The Kier molecular flexibility index (Phi) is 7.00. The number of halogens is 3. The number of carbonyl (C=O) groups excluding carboxylic acids is 2. The molecule has 27 heavy (non-hydrogen) atoms. The van der Waals surface area contributed by atoms with Crippen LogP contribution in [-0.2, 0) is 17.5 Å². The number of carbonyl (C=O) groups is 2. The SMILES string of the molecule is O=Cc1cc(C#CCCNC(=O)OCc2ccccc2)cc(C(F)(F)F)c1. The Labute approximate surface area is 154 Å². The van der Waals surface area contributed by atoms with E-state index in [4.69, 9.17) is 4.74 Å². The maximum Gasteiger partial charge on any atom is 0.416 e. The Balaban J connectivity index is 1.83. The molecule has 0 saturated carbocycles. The summed E-state index contributed by atoms with van der Waals surface area (Å²) < 4.78 is 43.4. The van der Waals surface area contributed by atoms with Crippen LogP contribution in [0.3, 0.4) is 0 Å². The zero-order valence-electron chi connectivity index (χ0n) is 14.2. The molecule has 0 bridgehead atoms. The fraction of sp³-hybridized carbons (Fsp3) is 0.200. The van der Waals surface area contributed by atoms with Gasteiger partial charge in [-0.3, -0.25) is 4.79 Å². The molecule has 0 radical (unpaired) electrons. The summed E-state index contributed by atoms with van der Waals surface area (Å²) in [6.07, 6.45) is -4.61. The molecule has 2 aromatic rings. The lowest BCUT2D eigenvalue weighted by Gasteiger charge is -2.07. The number of hydrogen-bond donors (Lipinski definition) is 1. The number of alkyl carbamates (subject to hydrolysis) is 1. The van der Waals surface area contributed by atoms with Gasteiger partial charge in [0.25, 0.3) is 0 Å². The van der Waals surface area contributed by atoms with Gasteiger partial charge in [-0.2, -0.15) is 13.2 Å². The Hall–Kier alpha value is -3.27. The third-order valence-corrected chi connectivity index (χ3v) is 3.38. The van der Waals surface area contributed by atoms with Gasteiger partial charge in [0, 0.05) is 24.1 Å². The lowest BCUT2D eigenvalue weighted by Crippen LogP contribution is -2.24. The Bertz CT molecular complexity index is 852. The minimum Gasteiger partial charge on any atom is -0.445 e. The van der Waals surface area contributed by atoms with Crippen LogP contribution in [0.25, 0.3) is 0 Å². The van der Waals surface area contributed by atoms with Gasteiger partial charge in [-0.25, -0.2) is 4.79 Å². The monoisotopic (exact) mass is 375 g/mol. The highest BCUT2D eigenvalue weighted by Crippen LogP contribution is 2.30. The minimum atomic E-state index is -4.56. The maximum atomic E-state index is 12.8. The number of aldehydes is 1. The molecule has 0 aliphatic heterocycles. The molecule has 2 aromatic carbocycles. The van der Waals surface area contributed by atoms with Crippen molar-refractivity contribution >= 4 is 12.4 Å². The van der Waals surface area contributed by atoms with E-state index in [2.05, 4.69) is 17.2 Å². The van der Waals surface area contributed by atoms with E-state index in [0.717, 1.165) is 17.7 Å². The van der Waals surface area contributed by atoms with Crippen molar-refractivity contribution in [3.63, 3.8) is 0 Å². The summed E-state index contributed by atoms with van der Waals surface area (Å²) >= 11 is 0. The largest absolute Gasteiger partial charge is 0.445 e. The van der Waals surface area contributed by atoms with Crippen LogP contribution in [0.4, 0.5) is 18.0 Å². The first-order chi connectivity index (χ1) is 12.9. The average molecular weight is 375 g/mol. The van der Waals surface area contributed by atoms with Crippen LogP contribution in [-0.4, -0.2) is 18.9 Å². The number of rotatable bonds is 5. The molecule has 0 spiro atoms. The van der Waals surface area contributed by atoms with E-state index < -0.39 is 17.8 Å². The van der Waals surface area contributed by atoms with Crippen LogP contribution < -0.4 is 5.32 Å². The molecule has 0 heterocycles. The molecule has 140 valence electrons. The molecule has 2 rings (SSSR count). The standard InChI is InChI=1S/C20H16F3NO3/c21-20(22,23)18-11-16(10-17(12-18)13-25)8-4-5-9-24-19(26)27-14-15-6-2-1-3-7-15/h1-3,6-7,10-13H,5,9,14H2,(H,24,26). The smallest absolute Gasteiger partial charge is 0.416 e. The highest BCUT2D eigenvalue weighted by Gasteiger charge is 2.31. The van der Waals surface area contributed by atoms with Crippen molar-refractivity contribution in [2.24, 2.45) is 0 Å². The van der Waals surface area contributed by atoms with E-state index in [1.165, 1.54) is 6.07 Å². The Morgan fingerprint density at radius 3 is 2.56 bits per heavy atom. The van der Waals surface area contributed by atoms with E-state index in [9.17, 15) is 22.8 Å². The van der Waals surface area contributed by atoms with Gasteiger partial charge in [-0.15, -0.1) is 0 Å². The molecule has 4 nitrogen and oxygen atoms in total. The second-order valence-corrected chi connectivity index (χ2v) is 5.50. The highest BCUT2D eigenvalue weighted by atomic mass is 19.4. The summed E-state index contributed by atoms with van der Waals surface area (Å²) in [5.41, 5.74) is -0.0997. The molecule has 0 atom stereocenters. The predicted octanol–water partition coefficient (Wildman–Crippen LogP) is 4.19. The van der Waals surface area contributed by atoms with Crippen LogP contribution in [0.15, 0.2) is 48.5 Å². The minimum absolute atomic E-state index is 0.0820. The lowest BCUT2D eigenvalue weighted by atomic mass is 10.1. The van der Waals surface area contributed by atoms with E-state index in [1.54, 1.807) is 0 Å². The molecule has 0 unspecified atom stereocenters. The summed E-state index contributed by atoms with van der Waals surface area (Å²) in [6.45, 7) is 0.317. The second kappa shape index (κ2) is 9.43. The summed E-state index contributed by atoms with van der Waals surface area (Å²) in [6, 6.07) is 12.1. The van der Waals surface area contributed by atoms with Crippen molar-refractivity contribution < 1.29 is 27.5 Å². The highest BCUT2D eigenvalue weighted by molar-refractivity contribution is 5.76. The summed E-state index contributed by atoms with van der Waals surface area (Å²) in [5, 5.41) is 2.50. The van der Waals surface area contributed by atoms with Gasteiger partial charge in [-0.05, 0) is 23.8 Å². The first kappa shape index (κ1) is 20.0. The van der Waals surface area contributed by atoms with Crippen LogP contribution in [0.1, 0.15) is 33.5 Å². The molecule has 0 aromatic heterocycles. The number of hydrogen-bond acceptors (Lipinski definition) is 3. The van der Waals surface area contributed by atoms with Crippen molar-refractivity contribution in [1.29, 1.82) is 0 Å². The normalized spacial score (nSPS) is 10.5. The summed E-state index contributed by atoms with van der Waals surface area (Å²) in [7, 11) is 0. The van der Waals surface area contributed by atoms with Gasteiger partial charge in [0.2, 0.25) is 0 Å². The fourth-order valence-electron chi connectivity index (χ4n) is 2.12. The molecular weight excluding hydrogens is 359 g/mol. The van der Waals surface area contributed by atoms with Gasteiger partial charge in [0.1, 0.15) is 12.9 Å². The second-order valence-electron chi connectivity index (χ2n) is 5.50. The zero-order chi connectivity index (χ0) is 19.7. The Morgan fingerprint density at radius 2 is 1.89 bits per heavy atom. The van der Waals surface area contributed by atoms with E-state index >= 15 is 0 Å². The summed E-state index contributed by atoms with van der Waals surface area (Å²) in [4.78, 5) is 22.3. The van der Waals surface area contributed by atoms with Crippen LogP contribution >= 0.6 is 0 Å². The number of alkyl halides is 3. The van der Waals surface area contributed by atoms with Gasteiger partial charge in [0.05, 0.1) is 5.56 Å². The topological polar surface area (TPSA) is 55.4 Å². The zero-order valence-corrected chi connectivity index (χ0v) is 14.2. The predicted molar refractivity (Wildman–Crippen MR) is 93.0 cm³/mol. The third-order valence-electron chi connectivity index (χ3n) is 3.38. The number of benzene rings is 2. The van der Waals surface area contributed by atoms with Gasteiger partial charge >= 0.3 is 12.3 Å². The molecule has 0 aliphatic carbocycles. The summed E-state index contributed by atoms with van der Waals surface area (Å²) in [5.74, 6) is 5.22. The van der Waals surface area contributed by atoms with Crippen molar-refractivity contribution in [2.75, 3.05) is 6.54 Å². The van der Waals surface area contributed by atoms with Crippen LogP contribution in [0.5, 0.6) is 0 Å². The number of amides is 1. The molecule has 7 heteroatoms. The average Bonchev–Trinajstić information content (AvgIpc) is 2.66. The molecule has 0 aliphatic rings. The molecule has 0 fully saturated rings. The molecular formula is C20H16F3NO3. The number of ether oxygens (including phenoxy) is 1. The third kappa shape index (κ3) is 6.86. The van der Waals surface area contributed by atoms with Gasteiger partial charge in [-0.1, -0.05) is 42.2 Å². The lowest BCUT2D eigenvalue weighted by molar-refractivity contribution is -0.137. The number of nitrogens with one attached hydrogen (secondary N) is 1. The van der Waals surface area contributed by atoms with Crippen LogP contribution in [0.2, 0.25) is 0 Å². The molecule has 1 N–H and O–H groups in total. The fourth-order valence-corrected chi connectivity index (χ4v) is 2.12. The quantitative estimate of drug-likeness (QED) is 0.484. The first-order valence-corrected chi connectivity index (χ1v) is 7.99. The Morgan fingerprint density at radius 1 is 1.15 bits per heavy atom. The van der Waals surface area contributed by atoms with E-state index in [1.807, 2.05) is 30.3 Å².